The molecule has 2 aromatic carbocycles. The Morgan fingerprint density at radius 1 is 1.08 bits per heavy atom. The molecule has 2 aromatic heterocycles. The molecule has 0 bridgehead atoms. The highest BCUT2D eigenvalue weighted by molar-refractivity contribution is 6.31. The minimum absolute atomic E-state index is 0.0483. The molecule has 37 heavy (non-hydrogen) atoms. The Bertz CT molecular complexity index is 1550. The number of fused-ring (bicyclic) bond motifs is 1. The lowest BCUT2D eigenvalue weighted by Crippen LogP contribution is -2.25. The number of ketones is 1. The van der Waals surface area contributed by atoms with E-state index in [9.17, 15) is 23.2 Å². The Labute approximate surface area is 215 Å². The molecular formula is C26H22ClF2N5O3. The normalized spacial score (nSPS) is 11.8. The number of Topliss-reactive ketones (excluding diaryl/α,β-unsaturated/α-hetero) is 1. The number of anilines is 1. The van der Waals surface area contributed by atoms with Crippen LogP contribution in [0.2, 0.25) is 5.02 Å². The summed E-state index contributed by atoms with van der Waals surface area (Å²) in [5.41, 5.74) is 0.541. The molecule has 4 aromatic rings. The molecule has 0 spiro atoms. The molecule has 2 heterocycles. The monoisotopic (exact) mass is 525 g/mol. The maximum absolute atomic E-state index is 14.3. The highest BCUT2D eigenvalue weighted by Crippen LogP contribution is 2.35. The fourth-order valence-corrected chi connectivity index (χ4v) is 4.44. The van der Waals surface area contributed by atoms with Gasteiger partial charge in [-0.3, -0.25) is 14.4 Å². The van der Waals surface area contributed by atoms with Crippen molar-refractivity contribution >= 4 is 45.8 Å². The average Bonchev–Trinajstić information content (AvgIpc) is 3.21. The van der Waals surface area contributed by atoms with Gasteiger partial charge in [0.15, 0.2) is 5.82 Å². The van der Waals surface area contributed by atoms with E-state index in [2.05, 4.69) is 20.6 Å². The number of nitrogens with one attached hydrogen (secondary N) is 2. The van der Waals surface area contributed by atoms with Crippen LogP contribution in [-0.4, -0.2) is 39.2 Å². The van der Waals surface area contributed by atoms with Gasteiger partial charge in [-0.15, -0.1) is 0 Å². The number of aromatic nitrogens is 3. The SMILES string of the molecule is CNC(=O)c1nc(NC(=O)c2ncc(F)c3ccccc23)c([C@@H](C)c2cc(F)ccc2Cl)n1CC(C)=O. The first-order valence-corrected chi connectivity index (χ1v) is 11.6. The van der Waals surface area contributed by atoms with Gasteiger partial charge in [0.25, 0.3) is 11.8 Å². The summed E-state index contributed by atoms with van der Waals surface area (Å²) < 4.78 is 29.7. The van der Waals surface area contributed by atoms with Gasteiger partial charge in [0, 0.05) is 28.8 Å². The van der Waals surface area contributed by atoms with Crippen LogP contribution in [0.3, 0.4) is 0 Å². The van der Waals surface area contributed by atoms with E-state index in [0.29, 0.717) is 5.56 Å². The first kappa shape index (κ1) is 25.9. The topological polar surface area (TPSA) is 106 Å². The Kier molecular flexibility index (Phi) is 7.30. The number of hydrogen-bond acceptors (Lipinski definition) is 5. The quantitative estimate of drug-likeness (QED) is 0.363. The first-order valence-electron chi connectivity index (χ1n) is 11.2. The summed E-state index contributed by atoms with van der Waals surface area (Å²) in [5.74, 6) is -3.63. The fraction of sp³-hybridized carbons (Fsp3) is 0.192. The van der Waals surface area contributed by atoms with Crippen LogP contribution < -0.4 is 10.6 Å². The zero-order valence-corrected chi connectivity index (χ0v) is 20.9. The molecule has 0 fully saturated rings. The molecule has 0 aliphatic rings. The summed E-state index contributed by atoms with van der Waals surface area (Å²) in [5, 5.41) is 5.84. The standard InChI is InChI=1S/C26H22ClF2N5O3/c1-13(35)12-34-22(14(2)18-10-15(28)8-9-19(18)27)23(32-24(34)26(37)30-3)33-25(36)21-17-7-5-4-6-16(17)20(29)11-31-21/h4-11,14H,12H2,1-3H3,(H,30,37)(H,33,36)/t14-/m0/s1. The van der Waals surface area contributed by atoms with Crippen molar-refractivity contribution in [2.75, 3.05) is 12.4 Å². The average molecular weight is 526 g/mol. The second kappa shape index (κ2) is 10.4. The number of carbonyl (C=O) groups excluding carboxylic acids is 3. The summed E-state index contributed by atoms with van der Waals surface area (Å²) in [6, 6.07) is 10.2. The summed E-state index contributed by atoms with van der Waals surface area (Å²) in [6.45, 7) is 2.78. The van der Waals surface area contributed by atoms with E-state index in [-0.39, 0.29) is 51.2 Å². The van der Waals surface area contributed by atoms with Crippen molar-refractivity contribution in [2.24, 2.45) is 0 Å². The maximum Gasteiger partial charge on any atom is 0.287 e. The summed E-state index contributed by atoms with van der Waals surface area (Å²) in [6.07, 6.45) is 0.942. The zero-order valence-electron chi connectivity index (χ0n) is 20.1. The van der Waals surface area contributed by atoms with E-state index in [0.717, 1.165) is 6.20 Å². The van der Waals surface area contributed by atoms with Gasteiger partial charge in [-0.25, -0.2) is 18.7 Å². The zero-order chi connectivity index (χ0) is 26.9. The fourth-order valence-electron chi connectivity index (χ4n) is 4.16. The lowest BCUT2D eigenvalue weighted by molar-refractivity contribution is -0.117. The third-order valence-electron chi connectivity index (χ3n) is 5.85. The third kappa shape index (κ3) is 5.05. The smallest absolute Gasteiger partial charge is 0.287 e. The minimum atomic E-state index is -0.717. The van der Waals surface area contributed by atoms with E-state index in [4.69, 9.17) is 11.6 Å². The van der Waals surface area contributed by atoms with Crippen LogP contribution in [0.25, 0.3) is 10.8 Å². The van der Waals surface area contributed by atoms with Crippen LogP contribution in [0.4, 0.5) is 14.6 Å². The van der Waals surface area contributed by atoms with Gasteiger partial charge in [-0.1, -0.05) is 42.8 Å². The molecule has 0 radical (unpaired) electrons. The summed E-state index contributed by atoms with van der Waals surface area (Å²) >= 11 is 6.35. The Morgan fingerprint density at radius 3 is 2.46 bits per heavy atom. The largest absolute Gasteiger partial charge is 0.352 e. The van der Waals surface area contributed by atoms with E-state index in [1.807, 2.05) is 0 Å². The number of pyridine rings is 1. The van der Waals surface area contributed by atoms with Gasteiger partial charge in [0.2, 0.25) is 5.82 Å². The van der Waals surface area contributed by atoms with E-state index < -0.39 is 29.4 Å². The Balaban J connectivity index is 1.89. The predicted octanol–water partition coefficient (Wildman–Crippen LogP) is 4.72. The summed E-state index contributed by atoms with van der Waals surface area (Å²) in [4.78, 5) is 46.5. The van der Waals surface area contributed by atoms with Crippen LogP contribution in [0, 0.1) is 11.6 Å². The second-order valence-electron chi connectivity index (χ2n) is 8.38. The highest BCUT2D eigenvalue weighted by atomic mass is 35.5. The van der Waals surface area contributed by atoms with E-state index in [1.165, 1.54) is 42.8 Å². The van der Waals surface area contributed by atoms with Crippen molar-refractivity contribution in [1.29, 1.82) is 0 Å². The van der Waals surface area contributed by atoms with Gasteiger partial charge in [-0.05, 0) is 30.7 Å². The van der Waals surface area contributed by atoms with Crippen LogP contribution in [-0.2, 0) is 11.3 Å². The van der Waals surface area contributed by atoms with Crippen molar-refractivity contribution in [3.05, 3.63) is 88.1 Å². The minimum Gasteiger partial charge on any atom is -0.352 e. The molecule has 2 N–H and O–H groups in total. The number of imidazole rings is 1. The molecule has 0 unspecified atom stereocenters. The van der Waals surface area contributed by atoms with Gasteiger partial charge in [0.05, 0.1) is 18.4 Å². The predicted molar refractivity (Wildman–Crippen MR) is 135 cm³/mol. The molecule has 190 valence electrons. The van der Waals surface area contributed by atoms with Gasteiger partial charge >= 0.3 is 0 Å². The molecular weight excluding hydrogens is 504 g/mol. The number of amides is 2. The Morgan fingerprint density at radius 2 is 1.78 bits per heavy atom. The number of rotatable bonds is 7. The molecule has 4 rings (SSSR count). The molecule has 8 nitrogen and oxygen atoms in total. The molecule has 1 atom stereocenters. The molecule has 0 aliphatic heterocycles. The van der Waals surface area contributed by atoms with Gasteiger partial charge in [0.1, 0.15) is 23.1 Å². The number of nitrogens with zero attached hydrogens (tertiary/aromatic N) is 3. The molecule has 0 saturated heterocycles. The van der Waals surface area contributed by atoms with E-state index >= 15 is 0 Å². The number of hydrogen-bond donors (Lipinski definition) is 2. The van der Waals surface area contributed by atoms with Crippen LogP contribution in [0.1, 0.15) is 52.1 Å². The van der Waals surface area contributed by atoms with Crippen molar-refractivity contribution in [3.63, 3.8) is 0 Å². The highest BCUT2D eigenvalue weighted by Gasteiger charge is 2.29. The molecule has 11 heteroatoms. The number of halogens is 3. The van der Waals surface area contributed by atoms with Gasteiger partial charge < -0.3 is 15.2 Å². The lowest BCUT2D eigenvalue weighted by atomic mass is 9.96. The maximum atomic E-state index is 14.3. The van der Waals surface area contributed by atoms with Crippen LogP contribution >= 0.6 is 11.6 Å². The van der Waals surface area contributed by atoms with Gasteiger partial charge in [-0.2, -0.15) is 0 Å². The molecule has 2 amide bonds. The lowest BCUT2D eigenvalue weighted by Gasteiger charge is -2.19. The first-order chi connectivity index (χ1) is 17.6. The molecule has 0 aliphatic carbocycles. The van der Waals surface area contributed by atoms with E-state index in [1.54, 1.807) is 25.1 Å². The van der Waals surface area contributed by atoms with Crippen molar-refractivity contribution in [1.82, 2.24) is 19.9 Å². The molecule has 0 saturated carbocycles. The summed E-state index contributed by atoms with van der Waals surface area (Å²) in [7, 11) is 1.40. The van der Waals surface area contributed by atoms with Crippen LogP contribution in [0.15, 0.2) is 48.7 Å². The number of benzene rings is 2. The van der Waals surface area contributed by atoms with Crippen LogP contribution in [0.5, 0.6) is 0 Å². The third-order valence-corrected chi connectivity index (χ3v) is 6.19. The number of carbonyl (C=O) groups is 3. The van der Waals surface area contributed by atoms with Crippen molar-refractivity contribution in [2.45, 2.75) is 26.3 Å². The Hall–Kier alpha value is -4.18. The second-order valence-corrected chi connectivity index (χ2v) is 8.79. The van der Waals surface area contributed by atoms with Crippen molar-refractivity contribution < 1.29 is 23.2 Å². The van der Waals surface area contributed by atoms with Crippen molar-refractivity contribution in [3.8, 4) is 0 Å².